The Hall–Kier alpha value is -4.39. The van der Waals surface area contributed by atoms with E-state index in [1.54, 1.807) is 9.80 Å². The van der Waals surface area contributed by atoms with E-state index in [4.69, 9.17) is 0 Å². The van der Waals surface area contributed by atoms with Gasteiger partial charge in [0.05, 0.1) is 23.9 Å². The van der Waals surface area contributed by atoms with Crippen LogP contribution in [0.15, 0.2) is 84.1 Å². The summed E-state index contributed by atoms with van der Waals surface area (Å²) >= 11 is 0. The van der Waals surface area contributed by atoms with Crippen molar-refractivity contribution in [3.63, 3.8) is 0 Å². The lowest BCUT2D eigenvalue weighted by Crippen LogP contribution is -2.47. The molecule has 0 radical (unpaired) electrons. The van der Waals surface area contributed by atoms with Crippen molar-refractivity contribution in [1.29, 1.82) is 0 Å². The number of benzene rings is 3. The molecule has 4 amide bonds. The number of nitrogens with zero attached hydrogens (tertiary/aromatic N) is 2. The number of aryl methyl sites for hydroxylation is 3. The van der Waals surface area contributed by atoms with Gasteiger partial charge in [0.25, 0.3) is 5.91 Å². The van der Waals surface area contributed by atoms with Crippen LogP contribution in [0.2, 0.25) is 0 Å². The number of hydrogen-bond donors (Lipinski definition) is 2. The van der Waals surface area contributed by atoms with Gasteiger partial charge in [0.2, 0.25) is 5.91 Å². The molecule has 0 unspecified atom stereocenters. The van der Waals surface area contributed by atoms with E-state index in [1.165, 1.54) is 0 Å². The molecule has 200 valence electrons. The highest BCUT2D eigenvalue weighted by Gasteiger charge is 2.47. The molecule has 0 saturated heterocycles. The Morgan fingerprint density at radius 2 is 1.67 bits per heavy atom. The third kappa shape index (κ3) is 5.17. The molecule has 39 heavy (non-hydrogen) atoms. The number of anilines is 1. The second-order valence-corrected chi connectivity index (χ2v) is 10.3. The molecule has 0 aliphatic carbocycles. The van der Waals surface area contributed by atoms with Crippen LogP contribution in [0.4, 0.5) is 10.5 Å². The lowest BCUT2D eigenvalue weighted by molar-refractivity contribution is -0.134. The molecule has 2 aliphatic heterocycles. The summed E-state index contributed by atoms with van der Waals surface area (Å²) in [4.78, 5) is 44.4. The molecule has 5 rings (SSSR count). The molecule has 0 spiro atoms. The Morgan fingerprint density at radius 3 is 2.33 bits per heavy atom. The Kier molecular flexibility index (Phi) is 7.24. The van der Waals surface area contributed by atoms with E-state index in [0.717, 1.165) is 27.8 Å². The zero-order valence-corrected chi connectivity index (χ0v) is 22.8. The number of hydrogen-bond acceptors (Lipinski definition) is 3. The Labute approximate surface area is 229 Å². The maximum atomic E-state index is 14.2. The quantitative estimate of drug-likeness (QED) is 0.456. The third-order valence-electron chi connectivity index (χ3n) is 7.57. The highest BCUT2D eigenvalue weighted by Crippen LogP contribution is 2.38. The number of nitrogens with one attached hydrogen (secondary N) is 2. The van der Waals surface area contributed by atoms with Crippen molar-refractivity contribution >= 4 is 23.5 Å². The molecule has 2 heterocycles. The third-order valence-corrected chi connectivity index (χ3v) is 7.57. The lowest BCUT2D eigenvalue weighted by Gasteiger charge is -2.33. The van der Waals surface area contributed by atoms with Gasteiger partial charge in [-0.2, -0.15) is 0 Å². The van der Waals surface area contributed by atoms with Crippen LogP contribution in [0.25, 0.3) is 0 Å². The van der Waals surface area contributed by atoms with Crippen molar-refractivity contribution < 1.29 is 14.4 Å². The zero-order chi connectivity index (χ0) is 27.7. The van der Waals surface area contributed by atoms with Crippen LogP contribution in [0.1, 0.15) is 40.8 Å². The van der Waals surface area contributed by atoms with Crippen LogP contribution in [0.5, 0.6) is 0 Å². The average molecular weight is 523 g/mol. The summed E-state index contributed by atoms with van der Waals surface area (Å²) in [7, 11) is 0. The summed E-state index contributed by atoms with van der Waals surface area (Å²) in [5.74, 6) is -0.491. The Bertz CT molecular complexity index is 1450. The molecular weight excluding hydrogens is 488 g/mol. The fourth-order valence-electron chi connectivity index (χ4n) is 5.53. The van der Waals surface area contributed by atoms with Gasteiger partial charge in [-0.15, -0.1) is 0 Å². The molecule has 0 saturated carbocycles. The van der Waals surface area contributed by atoms with E-state index in [1.807, 2.05) is 94.4 Å². The second-order valence-electron chi connectivity index (χ2n) is 10.3. The Balaban J connectivity index is 1.52. The van der Waals surface area contributed by atoms with Gasteiger partial charge in [-0.3, -0.25) is 14.5 Å². The number of carbonyl (C=O) groups excluding carboxylic acids is 3. The molecule has 2 N–H and O–H groups in total. The molecule has 3 aromatic carbocycles. The van der Waals surface area contributed by atoms with Gasteiger partial charge in [0.15, 0.2) is 0 Å². The highest BCUT2D eigenvalue weighted by molar-refractivity contribution is 6.05. The fraction of sp³-hybridized carbons (Fsp3) is 0.281. The largest absolute Gasteiger partial charge is 0.326 e. The maximum absolute atomic E-state index is 14.2. The summed E-state index contributed by atoms with van der Waals surface area (Å²) in [6.07, 6.45) is 0.354. The molecule has 7 nitrogen and oxygen atoms in total. The minimum absolute atomic E-state index is 0.190. The predicted octanol–water partition coefficient (Wildman–Crippen LogP) is 5.04. The van der Waals surface area contributed by atoms with E-state index < -0.39 is 12.1 Å². The highest BCUT2D eigenvalue weighted by atomic mass is 16.2. The summed E-state index contributed by atoms with van der Waals surface area (Å²) in [5, 5.41) is 6.07. The van der Waals surface area contributed by atoms with Gasteiger partial charge < -0.3 is 15.5 Å². The normalized spacial score (nSPS) is 17.7. The van der Waals surface area contributed by atoms with Crippen LogP contribution in [-0.4, -0.2) is 46.8 Å². The van der Waals surface area contributed by atoms with Crippen LogP contribution in [0.3, 0.4) is 0 Å². The molecular formula is C32H34N4O3. The summed E-state index contributed by atoms with van der Waals surface area (Å²) in [6, 6.07) is 21.7. The smallest absolute Gasteiger partial charge is 0.322 e. The molecule has 2 aliphatic rings. The van der Waals surface area contributed by atoms with E-state index in [-0.39, 0.29) is 24.4 Å². The van der Waals surface area contributed by atoms with E-state index in [9.17, 15) is 14.4 Å². The molecule has 0 fully saturated rings. The van der Waals surface area contributed by atoms with E-state index >= 15 is 0 Å². The van der Waals surface area contributed by atoms with E-state index in [2.05, 4.69) is 16.7 Å². The zero-order valence-electron chi connectivity index (χ0n) is 22.8. The number of urea groups is 1. The van der Waals surface area contributed by atoms with Gasteiger partial charge >= 0.3 is 6.03 Å². The topological polar surface area (TPSA) is 81.8 Å². The summed E-state index contributed by atoms with van der Waals surface area (Å²) in [6.45, 7) is 8.50. The number of likely N-dealkylation sites (N-methyl/N-ethyl adjacent to an activating group) is 1. The monoisotopic (exact) mass is 522 g/mol. The van der Waals surface area contributed by atoms with Gasteiger partial charge in [-0.25, -0.2) is 4.79 Å². The number of rotatable bonds is 7. The molecule has 0 aromatic heterocycles. The first kappa shape index (κ1) is 26.2. The van der Waals surface area contributed by atoms with Gasteiger partial charge in [0, 0.05) is 18.7 Å². The first-order chi connectivity index (χ1) is 18.8. The first-order valence-corrected chi connectivity index (χ1v) is 13.4. The minimum atomic E-state index is -0.764. The first-order valence-electron chi connectivity index (χ1n) is 13.4. The summed E-state index contributed by atoms with van der Waals surface area (Å²) < 4.78 is 0. The lowest BCUT2D eigenvalue weighted by atomic mass is 9.91. The van der Waals surface area contributed by atoms with Crippen LogP contribution >= 0.6 is 0 Å². The molecule has 2 atom stereocenters. The molecule has 0 bridgehead atoms. The van der Waals surface area contributed by atoms with Gasteiger partial charge in [-0.1, -0.05) is 71.8 Å². The minimum Gasteiger partial charge on any atom is -0.326 e. The van der Waals surface area contributed by atoms with Crippen molar-refractivity contribution in [1.82, 2.24) is 15.1 Å². The van der Waals surface area contributed by atoms with Crippen molar-refractivity contribution in [2.24, 2.45) is 0 Å². The van der Waals surface area contributed by atoms with Crippen molar-refractivity contribution in [2.75, 3.05) is 18.4 Å². The SMILES string of the molecule is CCN1C(=O)N[C@H](c2ccc(C)cc2C)C2=C1CN([C@H](Cc1ccccc1)C(=O)Nc1ccc(C)cc1)C2=O. The van der Waals surface area contributed by atoms with Crippen molar-refractivity contribution in [2.45, 2.75) is 46.2 Å². The maximum Gasteiger partial charge on any atom is 0.322 e. The predicted molar refractivity (Wildman–Crippen MR) is 152 cm³/mol. The number of carbonyl (C=O) groups is 3. The van der Waals surface area contributed by atoms with Crippen molar-refractivity contribution in [3.8, 4) is 0 Å². The molecule has 3 aromatic rings. The fourth-order valence-corrected chi connectivity index (χ4v) is 5.53. The van der Waals surface area contributed by atoms with Crippen LogP contribution in [0, 0.1) is 20.8 Å². The number of amides is 4. The van der Waals surface area contributed by atoms with E-state index in [0.29, 0.717) is 29.9 Å². The van der Waals surface area contributed by atoms with Crippen LogP contribution < -0.4 is 10.6 Å². The van der Waals surface area contributed by atoms with Crippen molar-refractivity contribution in [3.05, 3.63) is 112 Å². The second kappa shape index (κ2) is 10.8. The Morgan fingerprint density at radius 1 is 0.974 bits per heavy atom. The van der Waals surface area contributed by atoms with Gasteiger partial charge in [-0.05, 0) is 56.5 Å². The molecule has 7 heteroatoms. The summed E-state index contributed by atoms with van der Waals surface area (Å²) in [5.41, 5.74) is 6.91. The van der Waals surface area contributed by atoms with Gasteiger partial charge in [0.1, 0.15) is 6.04 Å². The van der Waals surface area contributed by atoms with Crippen LogP contribution in [-0.2, 0) is 16.0 Å². The average Bonchev–Trinajstić information content (AvgIpc) is 3.25. The standard InChI is InChI=1S/C32H34N4O3/c1-5-35-27-19-36(31(38)28(27)29(34-32(35)39)25-16-13-21(3)17-22(25)4)26(18-23-9-7-6-8-10-23)30(37)33-24-14-11-20(2)12-15-24/h6-17,26,29H,5,18-19H2,1-4H3,(H,33,37)(H,34,39)/t26-,29-/m1/s1.